The van der Waals surface area contributed by atoms with E-state index in [9.17, 15) is 4.79 Å². The van der Waals surface area contributed by atoms with Crippen LogP contribution in [-0.4, -0.2) is 14.3 Å². The molecule has 0 saturated heterocycles. The Balaban J connectivity index is 2.12. The summed E-state index contributed by atoms with van der Waals surface area (Å²) in [5.41, 5.74) is 1.94. The molecule has 0 aliphatic heterocycles. The Hall–Kier alpha value is -1.88. The van der Waals surface area contributed by atoms with Gasteiger partial charge in [0.1, 0.15) is 0 Å². The Kier molecular flexibility index (Phi) is 3.22. The highest BCUT2D eigenvalue weighted by molar-refractivity contribution is 9.10. The molecule has 5 heteroatoms. The maximum absolute atomic E-state index is 12.5. The second kappa shape index (κ2) is 4.90. The van der Waals surface area contributed by atoms with Crippen LogP contribution in [0.3, 0.4) is 0 Å². The number of nitrogens with zero attached hydrogens (tertiary/aromatic N) is 3. The number of pyridine rings is 1. The Morgan fingerprint density at radius 2 is 2.00 bits per heavy atom. The molecule has 0 aliphatic carbocycles. The van der Waals surface area contributed by atoms with Crippen molar-refractivity contribution in [2.24, 2.45) is 7.05 Å². The van der Waals surface area contributed by atoms with Crippen molar-refractivity contribution < 1.29 is 0 Å². The second-order valence-electron chi connectivity index (χ2n) is 4.81. The molecule has 0 radical (unpaired) electrons. The van der Waals surface area contributed by atoms with Crippen LogP contribution in [0.1, 0.15) is 11.4 Å². The largest absolute Gasteiger partial charge is 0.309 e. The number of aryl methyl sites for hydroxylation is 2. The minimum atomic E-state index is 0.0221. The van der Waals surface area contributed by atoms with E-state index < -0.39 is 0 Å². The van der Waals surface area contributed by atoms with Crippen LogP contribution in [0.25, 0.3) is 10.8 Å². The summed E-state index contributed by atoms with van der Waals surface area (Å²) in [4.78, 5) is 12.5. The molecule has 1 aromatic carbocycles. The third-order valence-electron chi connectivity index (χ3n) is 3.47. The van der Waals surface area contributed by atoms with Gasteiger partial charge in [-0.2, -0.15) is 5.10 Å². The van der Waals surface area contributed by atoms with Crippen molar-refractivity contribution in [2.45, 2.75) is 13.5 Å². The van der Waals surface area contributed by atoms with Crippen LogP contribution in [0.4, 0.5) is 0 Å². The van der Waals surface area contributed by atoms with Crippen LogP contribution >= 0.6 is 15.9 Å². The molecule has 3 rings (SSSR count). The summed E-state index contributed by atoms with van der Waals surface area (Å²) in [7, 11) is 1.89. The molecular formula is C15H14BrN3O. The molecule has 0 unspecified atom stereocenters. The maximum Gasteiger partial charge on any atom is 0.258 e. The Morgan fingerprint density at radius 3 is 2.70 bits per heavy atom. The van der Waals surface area contributed by atoms with Crippen LogP contribution < -0.4 is 5.56 Å². The average Bonchev–Trinajstić information content (AvgIpc) is 2.68. The lowest BCUT2D eigenvalue weighted by Crippen LogP contribution is -2.21. The molecule has 0 aliphatic rings. The molecule has 2 heterocycles. The summed E-state index contributed by atoms with van der Waals surface area (Å²) in [6.07, 6.45) is 1.83. The van der Waals surface area contributed by atoms with Gasteiger partial charge in [0.05, 0.1) is 22.4 Å². The van der Waals surface area contributed by atoms with Gasteiger partial charge in [-0.1, -0.05) is 18.2 Å². The van der Waals surface area contributed by atoms with Crippen LogP contribution in [0.15, 0.2) is 45.8 Å². The van der Waals surface area contributed by atoms with Crippen LogP contribution in [0, 0.1) is 6.92 Å². The van der Waals surface area contributed by atoms with Crippen LogP contribution in [-0.2, 0) is 13.6 Å². The van der Waals surface area contributed by atoms with E-state index in [1.54, 1.807) is 9.25 Å². The van der Waals surface area contributed by atoms with Crippen molar-refractivity contribution in [1.82, 2.24) is 14.3 Å². The van der Waals surface area contributed by atoms with E-state index in [1.165, 1.54) is 0 Å². The van der Waals surface area contributed by atoms with Gasteiger partial charge in [0, 0.05) is 18.6 Å². The van der Waals surface area contributed by atoms with E-state index >= 15 is 0 Å². The standard InChI is InChI=1S/C15H14BrN3O/c1-10-14(16)13(18(2)17-10)9-19-8-7-11-5-3-4-6-12(11)15(19)20/h3-8H,9H2,1-2H3. The van der Waals surface area contributed by atoms with E-state index in [2.05, 4.69) is 21.0 Å². The average molecular weight is 332 g/mol. The summed E-state index contributed by atoms with van der Waals surface area (Å²) in [5.74, 6) is 0. The van der Waals surface area contributed by atoms with E-state index in [0.29, 0.717) is 6.54 Å². The maximum atomic E-state index is 12.5. The fourth-order valence-electron chi connectivity index (χ4n) is 2.37. The molecule has 2 aromatic heterocycles. The van der Waals surface area contributed by atoms with Gasteiger partial charge < -0.3 is 4.57 Å². The number of fused-ring (bicyclic) bond motifs is 1. The van der Waals surface area contributed by atoms with Crippen LogP contribution in [0.2, 0.25) is 0 Å². The molecule has 0 N–H and O–H groups in total. The minimum Gasteiger partial charge on any atom is -0.309 e. The first-order valence-corrected chi connectivity index (χ1v) is 7.13. The fraction of sp³-hybridized carbons (Fsp3) is 0.200. The highest BCUT2D eigenvalue weighted by Crippen LogP contribution is 2.21. The van der Waals surface area contributed by atoms with E-state index in [4.69, 9.17) is 0 Å². The number of aromatic nitrogens is 3. The topological polar surface area (TPSA) is 39.8 Å². The SMILES string of the molecule is Cc1nn(C)c(Cn2ccc3ccccc3c2=O)c1Br. The smallest absolute Gasteiger partial charge is 0.258 e. The molecule has 0 spiro atoms. The summed E-state index contributed by atoms with van der Waals surface area (Å²) < 4.78 is 4.48. The van der Waals surface area contributed by atoms with Gasteiger partial charge in [0.25, 0.3) is 5.56 Å². The lowest BCUT2D eigenvalue weighted by atomic mass is 10.2. The highest BCUT2D eigenvalue weighted by atomic mass is 79.9. The molecule has 0 fully saturated rings. The molecule has 4 nitrogen and oxygen atoms in total. The first-order valence-electron chi connectivity index (χ1n) is 6.34. The third kappa shape index (κ3) is 2.08. The van der Waals surface area contributed by atoms with Gasteiger partial charge in [0.15, 0.2) is 0 Å². The number of halogens is 1. The van der Waals surface area contributed by atoms with E-state index in [-0.39, 0.29) is 5.56 Å². The highest BCUT2D eigenvalue weighted by Gasteiger charge is 2.12. The van der Waals surface area contributed by atoms with Crippen molar-refractivity contribution in [2.75, 3.05) is 0 Å². The van der Waals surface area contributed by atoms with Gasteiger partial charge in [-0.05, 0) is 40.4 Å². The number of rotatable bonds is 2. The summed E-state index contributed by atoms with van der Waals surface area (Å²) in [6.45, 7) is 2.44. The zero-order valence-electron chi connectivity index (χ0n) is 11.3. The van der Waals surface area contributed by atoms with Crippen molar-refractivity contribution in [3.8, 4) is 0 Å². The summed E-state index contributed by atoms with van der Waals surface area (Å²) in [5, 5.41) is 6.06. The van der Waals surface area contributed by atoms with Crippen molar-refractivity contribution in [3.63, 3.8) is 0 Å². The zero-order valence-corrected chi connectivity index (χ0v) is 12.9. The predicted molar refractivity (Wildman–Crippen MR) is 83.0 cm³/mol. The predicted octanol–water partition coefficient (Wildman–Crippen LogP) is 2.85. The molecule has 0 atom stereocenters. The minimum absolute atomic E-state index is 0.0221. The lowest BCUT2D eigenvalue weighted by molar-refractivity contribution is 0.652. The second-order valence-corrected chi connectivity index (χ2v) is 5.60. The normalized spacial score (nSPS) is 11.2. The van der Waals surface area contributed by atoms with Crippen molar-refractivity contribution in [3.05, 3.63) is 62.7 Å². The van der Waals surface area contributed by atoms with Gasteiger partial charge in [0.2, 0.25) is 0 Å². The van der Waals surface area contributed by atoms with Crippen molar-refractivity contribution >= 4 is 26.7 Å². The third-order valence-corrected chi connectivity index (χ3v) is 4.50. The quantitative estimate of drug-likeness (QED) is 0.724. The van der Waals surface area contributed by atoms with Gasteiger partial charge in [-0.3, -0.25) is 9.48 Å². The van der Waals surface area contributed by atoms with Gasteiger partial charge in [-0.25, -0.2) is 0 Å². The fourth-order valence-corrected chi connectivity index (χ4v) is 2.83. The first-order chi connectivity index (χ1) is 9.58. The number of benzene rings is 1. The summed E-state index contributed by atoms with van der Waals surface area (Å²) in [6, 6.07) is 9.60. The van der Waals surface area contributed by atoms with Gasteiger partial charge >= 0.3 is 0 Å². The Labute approximate surface area is 124 Å². The van der Waals surface area contributed by atoms with Gasteiger partial charge in [-0.15, -0.1) is 0 Å². The molecular weight excluding hydrogens is 318 g/mol. The summed E-state index contributed by atoms with van der Waals surface area (Å²) >= 11 is 3.53. The first kappa shape index (κ1) is 13.1. The van der Waals surface area contributed by atoms with Crippen molar-refractivity contribution in [1.29, 1.82) is 0 Å². The molecule has 0 bridgehead atoms. The lowest BCUT2D eigenvalue weighted by Gasteiger charge is -2.08. The molecule has 0 amide bonds. The Bertz CT molecular complexity index is 848. The molecule has 0 saturated carbocycles. The molecule has 20 heavy (non-hydrogen) atoms. The van der Waals surface area contributed by atoms with E-state index in [0.717, 1.165) is 26.6 Å². The Morgan fingerprint density at radius 1 is 1.25 bits per heavy atom. The molecule has 3 aromatic rings. The number of hydrogen-bond acceptors (Lipinski definition) is 2. The zero-order chi connectivity index (χ0) is 14.3. The van der Waals surface area contributed by atoms with Crippen LogP contribution in [0.5, 0.6) is 0 Å². The van der Waals surface area contributed by atoms with E-state index in [1.807, 2.05) is 50.5 Å². The monoisotopic (exact) mass is 331 g/mol. The number of hydrogen-bond donors (Lipinski definition) is 0. The molecule has 102 valence electrons.